The molecule has 1 amide bonds. The van der Waals surface area contributed by atoms with Crippen molar-refractivity contribution in [2.24, 2.45) is 7.05 Å². The number of hydrogen-bond acceptors (Lipinski definition) is 4. The minimum Gasteiger partial charge on any atom is -0.497 e. The van der Waals surface area contributed by atoms with Gasteiger partial charge in [-0.3, -0.25) is 4.79 Å². The molecule has 104 valence electrons. The van der Waals surface area contributed by atoms with Crippen LogP contribution < -0.4 is 10.1 Å². The second-order valence-electron chi connectivity index (χ2n) is 4.03. The minimum atomic E-state index is -1.14. The molecule has 1 aromatic carbocycles. The van der Waals surface area contributed by atoms with E-state index in [2.05, 4.69) is 10.3 Å². The molecule has 7 nitrogen and oxygen atoms in total. The summed E-state index contributed by atoms with van der Waals surface area (Å²) in [5, 5.41) is 11.6. The molecule has 1 aromatic heterocycles. The first-order valence-electron chi connectivity index (χ1n) is 5.73. The van der Waals surface area contributed by atoms with Crippen LogP contribution >= 0.6 is 0 Å². The maximum absolute atomic E-state index is 12.0. The van der Waals surface area contributed by atoms with Gasteiger partial charge in [0.25, 0.3) is 5.91 Å². The van der Waals surface area contributed by atoms with Crippen LogP contribution in [0, 0.1) is 0 Å². The summed E-state index contributed by atoms with van der Waals surface area (Å²) >= 11 is 0. The molecule has 0 spiro atoms. The van der Waals surface area contributed by atoms with Crippen LogP contribution in [0.25, 0.3) is 0 Å². The fourth-order valence-electron chi connectivity index (χ4n) is 1.70. The quantitative estimate of drug-likeness (QED) is 0.879. The molecule has 0 radical (unpaired) electrons. The highest BCUT2D eigenvalue weighted by atomic mass is 16.5. The van der Waals surface area contributed by atoms with Gasteiger partial charge in [-0.2, -0.15) is 0 Å². The van der Waals surface area contributed by atoms with Crippen molar-refractivity contribution in [3.8, 4) is 5.75 Å². The number of ether oxygens (including phenoxy) is 1. The van der Waals surface area contributed by atoms with Crippen molar-refractivity contribution in [1.82, 2.24) is 9.55 Å². The number of rotatable bonds is 4. The van der Waals surface area contributed by atoms with Gasteiger partial charge in [0.05, 0.1) is 18.4 Å². The van der Waals surface area contributed by atoms with Crippen LogP contribution in [0.1, 0.15) is 21.0 Å². The number of hydrogen-bond donors (Lipinski definition) is 2. The molecular weight excluding hydrogens is 262 g/mol. The van der Waals surface area contributed by atoms with Crippen LogP contribution in [-0.2, 0) is 7.05 Å². The van der Waals surface area contributed by atoms with Gasteiger partial charge in [-0.25, -0.2) is 9.78 Å². The number of carbonyl (C=O) groups excluding carboxylic acids is 1. The zero-order valence-electron chi connectivity index (χ0n) is 11.0. The number of carboxylic acids is 1. The highest BCUT2D eigenvalue weighted by Gasteiger charge is 2.16. The van der Waals surface area contributed by atoms with Crippen molar-refractivity contribution in [2.75, 3.05) is 12.4 Å². The summed E-state index contributed by atoms with van der Waals surface area (Å²) < 4.78 is 6.56. The van der Waals surface area contributed by atoms with Crippen molar-refractivity contribution >= 4 is 17.6 Å². The maximum atomic E-state index is 12.0. The van der Waals surface area contributed by atoms with E-state index in [0.29, 0.717) is 5.75 Å². The van der Waals surface area contributed by atoms with Crippen molar-refractivity contribution < 1.29 is 19.4 Å². The maximum Gasteiger partial charge on any atom is 0.337 e. The molecule has 0 aliphatic rings. The Labute approximate surface area is 114 Å². The standard InChI is InChI=1S/C13H13N3O4/c1-16-6-5-14-11(16)12(17)15-10-7-8(20-2)3-4-9(10)13(18)19/h3-7H,1-2H3,(H,15,17)(H,18,19). The molecule has 0 fully saturated rings. The average Bonchev–Trinajstić information content (AvgIpc) is 2.84. The molecule has 20 heavy (non-hydrogen) atoms. The van der Waals surface area contributed by atoms with Gasteiger partial charge in [-0.1, -0.05) is 0 Å². The van der Waals surface area contributed by atoms with Crippen molar-refractivity contribution in [1.29, 1.82) is 0 Å². The number of nitrogens with zero attached hydrogens (tertiary/aromatic N) is 2. The molecule has 2 aromatic rings. The van der Waals surface area contributed by atoms with Crippen LogP contribution in [0.3, 0.4) is 0 Å². The largest absolute Gasteiger partial charge is 0.497 e. The normalized spacial score (nSPS) is 10.1. The number of carbonyl (C=O) groups is 2. The summed E-state index contributed by atoms with van der Waals surface area (Å²) in [5.41, 5.74) is 0.137. The Kier molecular flexibility index (Phi) is 3.69. The Balaban J connectivity index is 2.34. The smallest absolute Gasteiger partial charge is 0.337 e. The average molecular weight is 275 g/mol. The SMILES string of the molecule is COc1ccc(C(=O)O)c(NC(=O)c2nccn2C)c1. The van der Waals surface area contributed by atoms with Crippen LogP contribution in [0.5, 0.6) is 5.75 Å². The van der Waals surface area contributed by atoms with Crippen LogP contribution in [0.4, 0.5) is 5.69 Å². The van der Waals surface area contributed by atoms with E-state index in [1.807, 2.05) is 0 Å². The fourth-order valence-corrected chi connectivity index (χ4v) is 1.70. The minimum absolute atomic E-state index is 0.0200. The Bertz CT molecular complexity index is 663. The van der Waals surface area contributed by atoms with Gasteiger partial charge in [-0.05, 0) is 12.1 Å². The number of aromatic carboxylic acids is 1. The zero-order valence-corrected chi connectivity index (χ0v) is 11.0. The predicted octanol–water partition coefficient (Wildman–Crippen LogP) is 1.38. The lowest BCUT2D eigenvalue weighted by Gasteiger charge is -2.10. The molecule has 0 bridgehead atoms. The predicted molar refractivity (Wildman–Crippen MR) is 71.1 cm³/mol. The summed E-state index contributed by atoms with van der Waals surface area (Å²) in [6.07, 6.45) is 3.11. The molecule has 7 heteroatoms. The van der Waals surface area contributed by atoms with Gasteiger partial charge >= 0.3 is 5.97 Å². The zero-order chi connectivity index (χ0) is 14.7. The Morgan fingerprint density at radius 1 is 1.40 bits per heavy atom. The van der Waals surface area contributed by atoms with Crippen LogP contribution in [-0.4, -0.2) is 33.6 Å². The van der Waals surface area contributed by atoms with E-state index < -0.39 is 11.9 Å². The summed E-state index contributed by atoms with van der Waals surface area (Å²) in [4.78, 5) is 27.1. The number of anilines is 1. The molecule has 2 N–H and O–H groups in total. The van der Waals surface area contributed by atoms with Crippen molar-refractivity contribution in [3.63, 3.8) is 0 Å². The molecule has 0 atom stereocenters. The summed E-state index contributed by atoms with van der Waals surface area (Å²) in [5.74, 6) is -0.995. The lowest BCUT2D eigenvalue weighted by molar-refractivity contribution is 0.0698. The molecule has 0 unspecified atom stereocenters. The third-order valence-corrected chi connectivity index (χ3v) is 2.73. The number of aromatic nitrogens is 2. The Hall–Kier alpha value is -2.83. The molecule has 1 heterocycles. The lowest BCUT2D eigenvalue weighted by Crippen LogP contribution is -2.18. The number of nitrogens with one attached hydrogen (secondary N) is 1. The highest BCUT2D eigenvalue weighted by molar-refractivity contribution is 6.06. The molecule has 2 rings (SSSR count). The molecule has 0 aliphatic carbocycles. The number of amides is 1. The van der Waals surface area contributed by atoms with Gasteiger partial charge in [-0.15, -0.1) is 0 Å². The number of imidazole rings is 1. The third kappa shape index (κ3) is 2.61. The summed E-state index contributed by atoms with van der Waals surface area (Å²) in [6, 6.07) is 4.33. The number of aryl methyl sites for hydroxylation is 1. The van der Waals surface area contributed by atoms with Gasteiger partial charge in [0.2, 0.25) is 0 Å². The number of carboxylic acid groups (broad SMARTS) is 1. The van der Waals surface area contributed by atoms with E-state index >= 15 is 0 Å². The molecule has 0 aliphatic heterocycles. The van der Waals surface area contributed by atoms with E-state index in [0.717, 1.165) is 0 Å². The van der Waals surface area contributed by atoms with E-state index in [4.69, 9.17) is 9.84 Å². The highest BCUT2D eigenvalue weighted by Crippen LogP contribution is 2.23. The van der Waals surface area contributed by atoms with Gasteiger partial charge in [0, 0.05) is 25.5 Å². The van der Waals surface area contributed by atoms with E-state index in [1.165, 1.54) is 36.1 Å². The van der Waals surface area contributed by atoms with Gasteiger partial charge in [0.1, 0.15) is 5.75 Å². The monoisotopic (exact) mass is 275 g/mol. The summed E-state index contributed by atoms with van der Waals surface area (Å²) in [7, 11) is 3.13. The first kappa shape index (κ1) is 13.6. The lowest BCUT2D eigenvalue weighted by atomic mass is 10.1. The second-order valence-corrected chi connectivity index (χ2v) is 4.03. The first-order valence-corrected chi connectivity index (χ1v) is 5.73. The van der Waals surface area contributed by atoms with E-state index in [-0.39, 0.29) is 17.1 Å². The van der Waals surface area contributed by atoms with Crippen molar-refractivity contribution in [2.45, 2.75) is 0 Å². The van der Waals surface area contributed by atoms with Crippen molar-refractivity contribution in [3.05, 3.63) is 42.0 Å². The van der Waals surface area contributed by atoms with Gasteiger partial charge in [0.15, 0.2) is 5.82 Å². The van der Waals surface area contributed by atoms with Gasteiger partial charge < -0.3 is 19.7 Å². The Morgan fingerprint density at radius 3 is 2.70 bits per heavy atom. The number of benzene rings is 1. The third-order valence-electron chi connectivity index (χ3n) is 2.73. The molecular formula is C13H13N3O4. The molecule has 0 saturated carbocycles. The van der Waals surface area contributed by atoms with Crippen LogP contribution in [0.2, 0.25) is 0 Å². The van der Waals surface area contributed by atoms with E-state index in [9.17, 15) is 9.59 Å². The number of methoxy groups -OCH3 is 1. The van der Waals surface area contributed by atoms with E-state index in [1.54, 1.807) is 13.2 Å². The topological polar surface area (TPSA) is 93.4 Å². The Morgan fingerprint density at radius 2 is 2.15 bits per heavy atom. The second kappa shape index (κ2) is 5.43. The molecule has 0 saturated heterocycles. The fraction of sp³-hybridized carbons (Fsp3) is 0.154. The first-order chi connectivity index (χ1) is 9.52. The summed E-state index contributed by atoms with van der Waals surface area (Å²) in [6.45, 7) is 0. The van der Waals surface area contributed by atoms with Crippen LogP contribution in [0.15, 0.2) is 30.6 Å².